The quantitative estimate of drug-likeness (QED) is 0.461. The number of fused-ring (bicyclic) bond motifs is 1. The van der Waals surface area contributed by atoms with Crippen LogP contribution in [0.15, 0.2) is 24.0 Å². The van der Waals surface area contributed by atoms with Crippen LogP contribution in [0.25, 0.3) is 0 Å². The number of epoxide rings is 1. The van der Waals surface area contributed by atoms with Gasteiger partial charge in [0.25, 0.3) is 0 Å². The molecule has 6 nitrogen and oxygen atoms in total. The van der Waals surface area contributed by atoms with Crippen LogP contribution in [0, 0.1) is 0 Å². The van der Waals surface area contributed by atoms with Gasteiger partial charge < -0.3 is 24.1 Å². The standard InChI is InChI=1S/C16H24O6/c1-10(7-5-6-8-13(18)22-16(2,3)4)19-14-11(17)9-12-15(20-12)21-14/h6,8-10,12,14-15,17H,5,7H2,1-4H3/b8-6+/t10-,12-,14?,15?/m1/s1. The van der Waals surface area contributed by atoms with E-state index >= 15 is 0 Å². The molecule has 0 aromatic rings. The smallest absolute Gasteiger partial charge is 0.330 e. The Kier molecular flexibility index (Phi) is 5.26. The molecule has 1 N–H and O–H groups in total. The minimum atomic E-state index is -0.770. The highest BCUT2D eigenvalue weighted by Crippen LogP contribution is 2.33. The molecule has 0 bridgehead atoms. The molecule has 2 rings (SSSR count). The summed E-state index contributed by atoms with van der Waals surface area (Å²) < 4.78 is 21.3. The summed E-state index contributed by atoms with van der Waals surface area (Å²) in [6, 6.07) is 0. The van der Waals surface area contributed by atoms with Crippen molar-refractivity contribution in [3.8, 4) is 0 Å². The third kappa shape index (κ3) is 5.44. The molecular formula is C16H24O6. The number of carbonyl (C=O) groups is 1. The van der Waals surface area contributed by atoms with Gasteiger partial charge in [0.05, 0.1) is 6.10 Å². The van der Waals surface area contributed by atoms with Crippen molar-refractivity contribution in [2.45, 2.75) is 70.9 Å². The Labute approximate surface area is 130 Å². The summed E-state index contributed by atoms with van der Waals surface area (Å²) in [7, 11) is 0. The average molecular weight is 312 g/mol. The first-order valence-electron chi connectivity index (χ1n) is 7.51. The van der Waals surface area contributed by atoms with Crippen LogP contribution in [0.5, 0.6) is 0 Å². The Morgan fingerprint density at radius 1 is 1.45 bits per heavy atom. The van der Waals surface area contributed by atoms with Crippen LogP contribution in [0.3, 0.4) is 0 Å². The second-order valence-corrected chi connectivity index (χ2v) is 6.49. The Hall–Kier alpha value is -1.37. The van der Waals surface area contributed by atoms with E-state index in [1.807, 2.05) is 27.7 Å². The van der Waals surface area contributed by atoms with Crippen molar-refractivity contribution >= 4 is 5.97 Å². The van der Waals surface area contributed by atoms with Gasteiger partial charge in [0.1, 0.15) is 17.5 Å². The van der Waals surface area contributed by atoms with Gasteiger partial charge in [-0.2, -0.15) is 0 Å². The fraction of sp³-hybridized carbons (Fsp3) is 0.688. The predicted molar refractivity (Wildman–Crippen MR) is 79.0 cm³/mol. The molecule has 0 aliphatic carbocycles. The van der Waals surface area contributed by atoms with Crippen molar-refractivity contribution in [3.63, 3.8) is 0 Å². The van der Waals surface area contributed by atoms with Crippen molar-refractivity contribution in [2.75, 3.05) is 0 Å². The predicted octanol–water partition coefficient (Wildman–Crippen LogP) is 2.59. The van der Waals surface area contributed by atoms with E-state index in [4.69, 9.17) is 18.9 Å². The van der Waals surface area contributed by atoms with Gasteiger partial charge in [0.15, 0.2) is 6.29 Å². The highest BCUT2D eigenvalue weighted by Gasteiger charge is 2.46. The summed E-state index contributed by atoms with van der Waals surface area (Å²) in [4.78, 5) is 11.5. The van der Waals surface area contributed by atoms with E-state index in [2.05, 4.69) is 0 Å². The molecule has 0 aromatic heterocycles. The van der Waals surface area contributed by atoms with Gasteiger partial charge in [0.2, 0.25) is 6.29 Å². The minimum Gasteiger partial charge on any atom is -0.507 e. The molecule has 0 spiro atoms. The lowest BCUT2D eigenvalue weighted by Gasteiger charge is -2.22. The number of rotatable bonds is 6. The molecular weight excluding hydrogens is 288 g/mol. The summed E-state index contributed by atoms with van der Waals surface area (Å²) in [5.41, 5.74) is -0.483. The number of aliphatic hydroxyl groups excluding tert-OH is 1. The first-order valence-corrected chi connectivity index (χ1v) is 7.51. The first-order chi connectivity index (χ1) is 10.2. The van der Waals surface area contributed by atoms with Crippen LogP contribution < -0.4 is 0 Å². The summed E-state index contributed by atoms with van der Waals surface area (Å²) in [6.07, 6.45) is 4.83. The lowest BCUT2D eigenvalue weighted by molar-refractivity contribution is -0.184. The summed E-state index contributed by atoms with van der Waals surface area (Å²) >= 11 is 0. The summed E-state index contributed by atoms with van der Waals surface area (Å²) in [5.74, 6) is -0.302. The van der Waals surface area contributed by atoms with Gasteiger partial charge >= 0.3 is 5.97 Å². The van der Waals surface area contributed by atoms with Gasteiger partial charge in [-0.1, -0.05) is 6.08 Å². The maximum atomic E-state index is 11.5. The average Bonchev–Trinajstić information content (AvgIpc) is 3.10. The van der Waals surface area contributed by atoms with E-state index < -0.39 is 11.9 Å². The molecule has 22 heavy (non-hydrogen) atoms. The van der Waals surface area contributed by atoms with Crippen LogP contribution in [0.1, 0.15) is 40.5 Å². The fourth-order valence-electron chi connectivity index (χ4n) is 2.00. The lowest BCUT2D eigenvalue weighted by Crippen LogP contribution is -2.29. The van der Waals surface area contributed by atoms with Gasteiger partial charge in [-0.05, 0) is 46.6 Å². The summed E-state index contributed by atoms with van der Waals surface area (Å²) in [5, 5.41) is 9.72. The fourth-order valence-corrected chi connectivity index (χ4v) is 2.00. The molecule has 2 aliphatic heterocycles. The third-order valence-electron chi connectivity index (χ3n) is 3.07. The Bertz CT molecular complexity index is 462. The maximum Gasteiger partial charge on any atom is 0.330 e. The topological polar surface area (TPSA) is 77.5 Å². The molecule has 0 saturated carbocycles. The van der Waals surface area contributed by atoms with Crippen LogP contribution in [0.2, 0.25) is 0 Å². The van der Waals surface area contributed by atoms with E-state index in [9.17, 15) is 9.90 Å². The van der Waals surface area contributed by atoms with E-state index in [-0.39, 0.29) is 30.2 Å². The van der Waals surface area contributed by atoms with E-state index in [1.165, 1.54) is 6.08 Å². The molecule has 2 unspecified atom stereocenters. The largest absolute Gasteiger partial charge is 0.507 e. The maximum absolute atomic E-state index is 11.5. The van der Waals surface area contributed by atoms with Crippen LogP contribution in [-0.4, -0.2) is 41.5 Å². The Morgan fingerprint density at radius 2 is 2.18 bits per heavy atom. The van der Waals surface area contributed by atoms with Crippen LogP contribution in [0.4, 0.5) is 0 Å². The van der Waals surface area contributed by atoms with Gasteiger partial charge in [-0.25, -0.2) is 4.79 Å². The zero-order valence-corrected chi connectivity index (χ0v) is 13.4. The number of aliphatic hydroxyl groups is 1. The molecule has 1 saturated heterocycles. The molecule has 0 aromatic carbocycles. The highest BCUT2D eigenvalue weighted by atomic mass is 16.8. The minimum absolute atomic E-state index is 0.0508. The van der Waals surface area contributed by atoms with Crippen LogP contribution >= 0.6 is 0 Å². The van der Waals surface area contributed by atoms with Crippen LogP contribution in [-0.2, 0) is 23.7 Å². The number of allylic oxidation sites excluding steroid dienone is 1. The van der Waals surface area contributed by atoms with Gasteiger partial charge in [-0.15, -0.1) is 0 Å². The normalized spacial score (nSPS) is 28.9. The van der Waals surface area contributed by atoms with Gasteiger partial charge in [-0.3, -0.25) is 0 Å². The number of ether oxygens (including phenoxy) is 4. The van der Waals surface area contributed by atoms with E-state index in [1.54, 1.807) is 12.2 Å². The lowest BCUT2D eigenvalue weighted by atomic mass is 10.2. The second-order valence-electron chi connectivity index (χ2n) is 6.49. The number of esters is 1. The molecule has 2 aliphatic rings. The first kappa shape index (κ1) is 17.0. The monoisotopic (exact) mass is 312 g/mol. The SMILES string of the molecule is C[C@H](CC/C=C/C(=O)OC(C)(C)C)OC1OC2O[C@@H]2C=C1O. The molecule has 4 atom stereocenters. The third-order valence-corrected chi connectivity index (χ3v) is 3.07. The van der Waals surface area contributed by atoms with Crippen molar-refractivity contribution in [1.29, 1.82) is 0 Å². The molecule has 1 fully saturated rings. The molecule has 0 radical (unpaired) electrons. The second kappa shape index (κ2) is 6.81. The van der Waals surface area contributed by atoms with E-state index in [0.29, 0.717) is 12.8 Å². The zero-order chi connectivity index (χ0) is 16.3. The number of carbonyl (C=O) groups excluding carboxylic acids is 1. The number of hydrogen-bond donors (Lipinski definition) is 1. The Balaban J connectivity index is 1.65. The van der Waals surface area contributed by atoms with Crippen molar-refractivity contribution in [1.82, 2.24) is 0 Å². The van der Waals surface area contributed by atoms with Crippen molar-refractivity contribution in [3.05, 3.63) is 24.0 Å². The zero-order valence-electron chi connectivity index (χ0n) is 13.4. The molecule has 0 amide bonds. The highest BCUT2D eigenvalue weighted by molar-refractivity contribution is 5.82. The summed E-state index contributed by atoms with van der Waals surface area (Å²) in [6.45, 7) is 7.37. The van der Waals surface area contributed by atoms with Gasteiger partial charge in [0, 0.05) is 6.08 Å². The Morgan fingerprint density at radius 3 is 2.86 bits per heavy atom. The molecule has 2 heterocycles. The molecule has 124 valence electrons. The van der Waals surface area contributed by atoms with Crippen molar-refractivity contribution < 1.29 is 28.8 Å². The number of hydrogen-bond acceptors (Lipinski definition) is 6. The van der Waals surface area contributed by atoms with E-state index in [0.717, 1.165) is 0 Å². The van der Waals surface area contributed by atoms with Crippen molar-refractivity contribution in [2.24, 2.45) is 0 Å². The molecule has 6 heteroatoms.